The summed E-state index contributed by atoms with van der Waals surface area (Å²) in [6.45, 7) is 6.27. The number of nitrogens with zero attached hydrogens (tertiary/aromatic N) is 1. The average Bonchev–Trinajstić information content (AvgIpc) is 1.88. The zero-order valence-electron chi connectivity index (χ0n) is 6.66. The number of hydrogen-bond donors (Lipinski definition) is 0. The molecule has 0 aromatic carbocycles. The molecule has 0 N–H and O–H groups in total. The van der Waals surface area contributed by atoms with Crippen LogP contribution in [0.25, 0.3) is 0 Å². The van der Waals surface area contributed by atoms with Crippen molar-refractivity contribution in [2.45, 2.75) is 33.2 Å². The second kappa shape index (κ2) is 4.82. The highest BCUT2D eigenvalue weighted by Crippen LogP contribution is 2.03. The molecule has 0 aliphatic heterocycles. The third-order valence-electron chi connectivity index (χ3n) is 1.59. The molecular weight excluding hydrogens is 150 g/mol. The lowest BCUT2D eigenvalue weighted by molar-refractivity contribution is 0.328. The van der Waals surface area contributed by atoms with Crippen LogP contribution in [-0.4, -0.2) is 25.7 Å². The summed E-state index contributed by atoms with van der Waals surface area (Å²) in [6.07, 6.45) is 0.863. The molecule has 62 valence electrons. The number of rotatable bonds is 4. The summed E-state index contributed by atoms with van der Waals surface area (Å²) in [5.74, 6) is 0. The SMILES string of the molecule is CCC(C)N(CC)S(=O)[O-]. The van der Waals surface area contributed by atoms with Crippen molar-refractivity contribution in [3.63, 3.8) is 0 Å². The summed E-state index contributed by atoms with van der Waals surface area (Å²) in [4.78, 5) is 0. The summed E-state index contributed by atoms with van der Waals surface area (Å²) in [5, 5.41) is 0. The van der Waals surface area contributed by atoms with Crippen LogP contribution in [0, 0.1) is 0 Å². The molecule has 0 aliphatic carbocycles. The second-order valence-electron chi connectivity index (χ2n) is 2.21. The third kappa shape index (κ3) is 2.77. The Labute approximate surface area is 64.8 Å². The summed E-state index contributed by atoms with van der Waals surface area (Å²) in [5.41, 5.74) is 0. The van der Waals surface area contributed by atoms with Crippen LogP contribution in [0.4, 0.5) is 0 Å². The van der Waals surface area contributed by atoms with E-state index in [4.69, 9.17) is 0 Å². The van der Waals surface area contributed by atoms with Crippen molar-refractivity contribution in [3.05, 3.63) is 0 Å². The molecule has 10 heavy (non-hydrogen) atoms. The lowest BCUT2D eigenvalue weighted by Gasteiger charge is -2.27. The minimum atomic E-state index is -2.05. The van der Waals surface area contributed by atoms with E-state index in [2.05, 4.69) is 0 Å². The summed E-state index contributed by atoms with van der Waals surface area (Å²) in [7, 11) is 0. The van der Waals surface area contributed by atoms with Crippen molar-refractivity contribution in [2.24, 2.45) is 0 Å². The maximum absolute atomic E-state index is 10.5. The smallest absolute Gasteiger partial charge is 0.0211 e. The molecule has 2 atom stereocenters. The Kier molecular flexibility index (Phi) is 4.85. The second-order valence-corrected chi connectivity index (χ2v) is 3.11. The van der Waals surface area contributed by atoms with Gasteiger partial charge < -0.3 is 4.55 Å². The normalized spacial score (nSPS) is 17.3. The lowest BCUT2D eigenvalue weighted by atomic mass is 10.3. The van der Waals surface area contributed by atoms with E-state index in [1.165, 1.54) is 4.31 Å². The fraction of sp³-hybridized carbons (Fsp3) is 1.00. The molecule has 0 heterocycles. The molecule has 4 heteroatoms. The van der Waals surface area contributed by atoms with Crippen molar-refractivity contribution in [3.8, 4) is 0 Å². The van der Waals surface area contributed by atoms with E-state index < -0.39 is 11.3 Å². The molecular formula is C6H14NO2S-. The van der Waals surface area contributed by atoms with Crippen molar-refractivity contribution >= 4 is 11.3 Å². The Bertz CT molecular complexity index is 118. The first-order chi connectivity index (χ1) is 4.63. The van der Waals surface area contributed by atoms with E-state index in [1.54, 1.807) is 0 Å². The predicted molar refractivity (Wildman–Crippen MR) is 41.1 cm³/mol. The average molecular weight is 164 g/mol. The third-order valence-corrected chi connectivity index (χ3v) is 2.59. The standard InChI is InChI=1S/C6H15NO2S/c1-4-6(3)7(5-2)10(8)9/h6H,4-5H2,1-3H3,(H,8,9)/p-1. The highest BCUT2D eigenvalue weighted by molar-refractivity contribution is 7.76. The van der Waals surface area contributed by atoms with E-state index in [0.29, 0.717) is 6.54 Å². The Morgan fingerprint density at radius 3 is 2.20 bits per heavy atom. The molecule has 0 radical (unpaired) electrons. The van der Waals surface area contributed by atoms with E-state index in [9.17, 15) is 8.76 Å². The van der Waals surface area contributed by atoms with Crippen LogP contribution in [0.5, 0.6) is 0 Å². The highest BCUT2D eigenvalue weighted by Gasteiger charge is 2.08. The van der Waals surface area contributed by atoms with Gasteiger partial charge in [0.25, 0.3) is 0 Å². The summed E-state index contributed by atoms with van der Waals surface area (Å²) >= 11 is -2.05. The van der Waals surface area contributed by atoms with Crippen LogP contribution in [0.15, 0.2) is 0 Å². The van der Waals surface area contributed by atoms with Gasteiger partial charge in [-0.2, -0.15) is 0 Å². The number of hydrogen-bond acceptors (Lipinski definition) is 2. The van der Waals surface area contributed by atoms with Gasteiger partial charge in [-0.15, -0.1) is 0 Å². The summed E-state index contributed by atoms with van der Waals surface area (Å²) < 4.78 is 22.3. The van der Waals surface area contributed by atoms with Crippen LogP contribution in [0.3, 0.4) is 0 Å². The lowest BCUT2D eigenvalue weighted by Crippen LogP contribution is -2.33. The molecule has 0 rings (SSSR count). The van der Waals surface area contributed by atoms with Crippen molar-refractivity contribution < 1.29 is 8.76 Å². The molecule has 0 aliphatic rings. The van der Waals surface area contributed by atoms with E-state index in [1.807, 2.05) is 20.8 Å². The molecule has 0 spiro atoms. The zero-order valence-corrected chi connectivity index (χ0v) is 7.48. The van der Waals surface area contributed by atoms with Crippen LogP contribution < -0.4 is 0 Å². The maximum atomic E-state index is 10.5. The first-order valence-electron chi connectivity index (χ1n) is 3.49. The molecule has 3 nitrogen and oxygen atoms in total. The van der Waals surface area contributed by atoms with Crippen LogP contribution in [0.1, 0.15) is 27.2 Å². The van der Waals surface area contributed by atoms with Crippen LogP contribution in [0.2, 0.25) is 0 Å². The Morgan fingerprint density at radius 1 is 1.60 bits per heavy atom. The molecule has 0 saturated carbocycles. The van der Waals surface area contributed by atoms with Crippen LogP contribution in [-0.2, 0) is 11.3 Å². The first kappa shape index (κ1) is 10.1. The van der Waals surface area contributed by atoms with Crippen LogP contribution >= 0.6 is 0 Å². The fourth-order valence-corrected chi connectivity index (χ4v) is 1.42. The minimum Gasteiger partial charge on any atom is -0.760 e. The fourth-order valence-electron chi connectivity index (χ4n) is 0.768. The largest absolute Gasteiger partial charge is 0.760 e. The van der Waals surface area contributed by atoms with E-state index >= 15 is 0 Å². The molecule has 0 amide bonds. The zero-order chi connectivity index (χ0) is 8.15. The van der Waals surface area contributed by atoms with Gasteiger partial charge in [-0.25, -0.2) is 4.31 Å². The van der Waals surface area contributed by atoms with Gasteiger partial charge in [0.1, 0.15) is 0 Å². The van der Waals surface area contributed by atoms with Crippen molar-refractivity contribution in [2.75, 3.05) is 6.54 Å². The van der Waals surface area contributed by atoms with Gasteiger partial charge in [0.05, 0.1) is 0 Å². The van der Waals surface area contributed by atoms with Gasteiger partial charge in [-0.05, 0) is 13.3 Å². The minimum absolute atomic E-state index is 0.128. The van der Waals surface area contributed by atoms with Gasteiger partial charge in [-0.1, -0.05) is 13.8 Å². The first-order valence-corrected chi connectivity index (χ1v) is 4.52. The van der Waals surface area contributed by atoms with E-state index in [0.717, 1.165) is 6.42 Å². The van der Waals surface area contributed by atoms with Gasteiger partial charge in [0.2, 0.25) is 0 Å². The molecule has 2 unspecified atom stereocenters. The summed E-state index contributed by atoms with van der Waals surface area (Å²) in [6, 6.07) is 0.128. The predicted octanol–water partition coefficient (Wildman–Crippen LogP) is 0.901. The van der Waals surface area contributed by atoms with Gasteiger partial charge >= 0.3 is 0 Å². The quantitative estimate of drug-likeness (QED) is 0.579. The molecule has 0 aromatic heterocycles. The molecule has 0 aromatic rings. The van der Waals surface area contributed by atoms with Crippen molar-refractivity contribution in [1.82, 2.24) is 4.31 Å². The van der Waals surface area contributed by atoms with Crippen molar-refractivity contribution in [1.29, 1.82) is 0 Å². The van der Waals surface area contributed by atoms with Gasteiger partial charge in [0.15, 0.2) is 0 Å². The molecule has 0 fully saturated rings. The molecule has 0 saturated heterocycles. The maximum Gasteiger partial charge on any atom is 0.0211 e. The van der Waals surface area contributed by atoms with E-state index in [-0.39, 0.29) is 6.04 Å². The Morgan fingerprint density at radius 2 is 2.10 bits per heavy atom. The monoisotopic (exact) mass is 164 g/mol. The topological polar surface area (TPSA) is 43.4 Å². The van der Waals surface area contributed by atoms with Gasteiger partial charge in [0, 0.05) is 23.9 Å². The highest BCUT2D eigenvalue weighted by atomic mass is 32.2. The molecule has 0 bridgehead atoms. The van der Waals surface area contributed by atoms with Gasteiger partial charge in [-0.3, -0.25) is 4.21 Å². The Hall–Kier alpha value is 0.0700. The Balaban J connectivity index is 3.92.